The molecule has 150 valence electrons. The molecule has 3 aromatic rings. The van der Waals surface area contributed by atoms with Crippen LogP contribution in [0.4, 0.5) is 0 Å². The van der Waals surface area contributed by atoms with E-state index in [1.54, 1.807) is 18.2 Å². The Morgan fingerprint density at radius 1 is 1.21 bits per heavy atom. The number of thioether (sulfide) groups is 1. The predicted octanol–water partition coefficient (Wildman–Crippen LogP) is 4.82. The number of nitrogens with zero attached hydrogens (tertiary/aromatic N) is 4. The minimum atomic E-state index is -0.257. The molecule has 0 aliphatic rings. The van der Waals surface area contributed by atoms with Crippen LogP contribution in [0.25, 0.3) is 11.4 Å². The van der Waals surface area contributed by atoms with E-state index in [1.165, 1.54) is 23.5 Å². The van der Waals surface area contributed by atoms with Gasteiger partial charge in [0.05, 0.1) is 22.0 Å². The molecular formula is C20H19Cl2N5OS. The molecule has 1 amide bonds. The quantitative estimate of drug-likeness (QED) is 0.320. The number of nitrogens with one attached hydrogen (secondary N) is 1. The summed E-state index contributed by atoms with van der Waals surface area (Å²) in [7, 11) is 0. The largest absolute Gasteiger partial charge is 0.302 e. The number of aryl methyl sites for hydroxylation is 1. The highest BCUT2D eigenvalue weighted by molar-refractivity contribution is 7.99. The first-order chi connectivity index (χ1) is 14.0. The fourth-order valence-corrected chi connectivity index (χ4v) is 3.70. The third-order valence-corrected chi connectivity index (χ3v) is 5.85. The first-order valence-corrected chi connectivity index (χ1v) is 10.6. The van der Waals surface area contributed by atoms with Gasteiger partial charge >= 0.3 is 0 Å². The highest BCUT2D eigenvalue weighted by Crippen LogP contribution is 2.25. The molecule has 29 heavy (non-hydrogen) atoms. The molecular weight excluding hydrogens is 429 g/mol. The van der Waals surface area contributed by atoms with Gasteiger partial charge in [-0.25, -0.2) is 5.43 Å². The molecule has 0 unspecified atom stereocenters. The van der Waals surface area contributed by atoms with Crippen molar-refractivity contribution in [3.63, 3.8) is 0 Å². The van der Waals surface area contributed by atoms with Gasteiger partial charge in [0.15, 0.2) is 11.0 Å². The van der Waals surface area contributed by atoms with E-state index in [9.17, 15) is 4.79 Å². The molecule has 0 saturated carbocycles. The Bertz CT molecular complexity index is 1030. The van der Waals surface area contributed by atoms with Crippen molar-refractivity contribution in [3.05, 3.63) is 63.6 Å². The van der Waals surface area contributed by atoms with Gasteiger partial charge in [-0.05, 0) is 19.9 Å². The molecule has 9 heteroatoms. The summed E-state index contributed by atoms with van der Waals surface area (Å²) in [6.45, 7) is 4.76. The van der Waals surface area contributed by atoms with Gasteiger partial charge in [0.1, 0.15) is 0 Å². The molecule has 0 aliphatic carbocycles. The number of rotatable bonds is 7. The first-order valence-electron chi connectivity index (χ1n) is 8.88. The Morgan fingerprint density at radius 2 is 1.97 bits per heavy atom. The average Bonchev–Trinajstić information content (AvgIpc) is 3.13. The monoisotopic (exact) mass is 447 g/mol. The standard InChI is InChI=1S/C20H19Cl2N5OS/c1-3-27-19(14-9-7-13(2)8-10-14)25-26-20(27)29-12-17(28)24-23-11-15-5-4-6-16(21)18(15)22/h4-11H,3,12H2,1-2H3,(H,24,28). The summed E-state index contributed by atoms with van der Waals surface area (Å²) >= 11 is 13.3. The van der Waals surface area contributed by atoms with E-state index in [4.69, 9.17) is 23.2 Å². The summed E-state index contributed by atoms with van der Waals surface area (Å²) in [5, 5.41) is 14.0. The van der Waals surface area contributed by atoms with E-state index in [1.807, 2.05) is 42.7 Å². The van der Waals surface area contributed by atoms with Crippen molar-refractivity contribution < 1.29 is 4.79 Å². The second-order valence-corrected chi connectivity index (χ2v) is 7.87. The van der Waals surface area contributed by atoms with Gasteiger partial charge in [0, 0.05) is 17.7 Å². The molecule has 0 fully saturated rings. The number of amides is 1. The Hall–Kier alpha value is -2.35. The van der Waals surface area contributed by atoms with E-state index in [0.29, 0.717) is 27.3 Å². The minimum absolute atomic E-state index is 0.159. The Morgan fingerprint density at radius 3 is 2.69 bits per heavy atom. The first kappa shape index (κ1) is 21.4. The molecule has 1 aromatic heterocycles. The maximum absolute atomic E-state index is 12.1. The van der Waals surface area contributed by atoms with Gasteiger partial charge in [-0.2, -0.15) is 5.10 Å². The number of hydrazone groups is 1. The number of benzene rings is 2. The number of aromatic nitrogens is 3. The smallest absolute Gasteiger partial charge is 0.250 e. The summed E-state index contributed by atoms with van der Waals surface area (Å²) in [6, 6.07) is 13.3. The van der Waals surface area contributed by atoms with Gasteiger partial charge in [0.25, 0.3) is 5.91 Å². The van der Waals surface area contributed by atoms with Crippen molar-refractivity contribution in [2.75, 3.05) is 5.75 Å². The normalized spacial score (nSPS) is 11.2. The lowest BCUT2D eigenvalue weighted by molar-refractivity contribution is -0.118. The number of hydrogen-bond donors (Lipinski definition) is 1. The third-order valence-electron chi connectivity index (χ3n) is 4.05. The van der Waals surface area contributed by atoms with E-state index in [-0.39, 0.29) is 11.7 Å². The van der Waals surface area contributed by atoms with Crippen LogP contribution in [0, 0.1) is 6.92 Å². The van der Waals surface area contributed by atoms with Gasteiger partial charge in [-0.1, -0.05) is 76.9 Å². The van der Waals surface area contributed by atoms with Crippen LogP contribution in [0.15, 0.2) is 52.7 Å². The fraction of sp³-hybridized carbons (Fsp3) is 0.200. The minimum Gasteiger partial charge on any atom is -0.302 e. The van der Waals surface area contributed by atoms with Crippen LogP contribution in [-0.4, -0.2) is 32.6 Å². The van der Waals surface area contributed by atoms with Crippen molar-refractivity contribution in [1.29, 1.82) is 0 Å². The molecule has 0 aliphatic heterocycles. The lowest BCUT2D eigenvalue weighted by Gasteiger charge is -2.07. The van der Waals surface area contributed by atoms with Crippen molar-refractivity contribution in [1.82, 2.24) is 20.2 Å². The molecule has 0 atom stereocenters. The molecule has 1 N–H and O–H groups in total. The van der Waals surface area contributed by atoms with E-state index in [0.717, 1.165) is 11.4 Å². The van der Waals surface area contributed by atoms with Crippen LogP contribution in [0.1, 0.15) is 18.1 Å². The summed E-state index contributed by atoms with van der Waals surface area (Å²) < 4.78 is 1.98. The van der Waals surface area contributed by atoms with Gasteiger partial charge < -0.3 is 4.57 Å². The summed E-state index contributed by atoms with van der Waals surface area (Å²) in [4.78, 5) is 12.1. The van der Waals surface area contributed by atoms with E-state index >= 15 is 0 Å². The van der Waals surface area contributed by atoms with E-state index < -0.39 is 0 Å². The molecule has 3 rings (SSSR count). The van der Waals surface area contributed by atoms with Crippen molar-refractivity contribution in [3.8, 4) is 11.4 Å². The Labute approximate surface area is 183 Å². The van der Waals surface area contributed by atoms with Crippen LogP contribution in [-0.2, 0) is 11.3 Å². The molecule has 0 spiro atoms. The van der Waals surface area contributed by atoms with Crippen molar-refractivity contribution in [2.24, 2.45) is 5.10 Å². The fourth-order valence-electron chi connectivity index (χ4n) is 2.55. The van der Waals surface area contributed by atoms with Gasteiger partial charge in [-0.15, -0.1) is 10.2 Å². The van der Waals surface area contributed by atoms with Crippen molar-refractivity contribution in [2.45, 2.75) is 25.5 Å². The summed E-state index contributed by atoms with van der Waals surface area (Å²) in [5.41, 5.74) is 5.28. The zero-order valence-corrected chi connectivity index (χ0v) is 18.2. The van der Waals surface area contributed by atoms with Crippen LogP contribution in [0.3, 0.4) is 0 Å². The predicted molar refractivity (Wildman–Crippen MR) is 119 cm³/mol. The second kappa shape index (κ2) is 9.91. The molecule has 0 radical (unpaired) electrons. The Balaban J connectivity index is 1.61. The van der Waals surface area contributed by atoms with Gasteiger partial charge in [0.2, 0.25) is 0 Å². The zero-order chi connectivity index (χ0) is 20.8. The van der Waals surface area contributed by atoms with Crippen LogP contribution >= 0.6 is 35.0 Å². The highest BCUT2D eigenvalue weighted by atomic mass is 35.5. The lowest BCUT2D eigenvalue weighted by Crippen LogP contribution is -2.20. The lowest BCUT2D eigenvalue weighted by atomic mass is 10.1. The number of halogens is 2. The molecule has 0 saturated heterocycles. The topological polar surface area (TPSA) is 72.2 Å². The molecule has 0 bridgehead atoms. The van der Waals surface area contributed by atoms with Crippen LogP contribution in [0.2, 0.25) is 10.0 Å². The van der Waals surface area contributed by atoms with Crippen molar-refractivity contribution >= 4 is 47.1 Å². The van der Waals surface area contributed by atoms with Crippen LogP contribution in [0.5, 0.6) is 0 Å². The molecule has 2 aromatic carbocycles. The second-order valence-electron chi connectivity index (χ2n) is 6.14. The Kier molecular flexibility index (Phi) is 7.30. The van der Waals surface area contributed by atoms with Gasteiger partial charge in [-0.3, -0.25) is 4.79 Å². The SMILES string of the molecule is CCn1c(SCC(=O)NN=Cc2cccc(Cl)c2Cl)nnc1-c1ccc(C)cc1. The molecule has 1 heterocycles. The third kappa shape index (κ3) is 5.38. The van der Waals surface area contributed by atoms with E-state index in [2.05, 4.69) is 20.7 Å². The van der Waals surface area contributed by atoms with Crippen LogP contribution < -0.4 is 5.43 Å². The number of carbonyl (C=O) groups is 1. The zero-order valence-electron chi connectivity index (χ0n) is 15.9. The highest BCUT2D eigenvalue weighted by Gasteiger charge is 2.14. The summed E-state index contributed by atoms with van der Waals surface area (Å²) in [5.74, 6) is 0.683. The summed E-state index contributed by atoms with van der Waals surface area (Å²) in [6.07, 6.45) is 1.46. The number of hydrogen-bond acceptors (Lipinski definition) is 5. The average molecular weight is 448 g/mol. The molecule has 6 nitrogen and oxygen atoms in total. The maximum Gasteiger partial charge on any atom is 0.250 e. The maximum atomic E-state index is 12.1. The number of carbonyl (C=O) groups excluding carboxylic acids is 1.